The molecule has 6 rings (SSSR count). The molecule has 1 N–H and O–H groups in total. The van der Waals surface area contributed by atoms with Crippen LogP contribution < -0.4 is 14.4 Å². The molecular weight excluding hydrogens is 709 g/mol. The van der Waals surface area contributed by atoms with Crippen LogP contribution in [0.4, 0.5) is 10.1 Å². The molecule has 10 nitrogen and oxygen atoms in total. The number of amides is 2. The molecule has 0 spiro atoms. The van der Waals surface area contributed by atoms with Gasteiger partial charge in [-0.15, -0.1) is 4.36 Å². The lowest BCUT2D eigenvalue weighted by atomic mass is 9.70. The van der Waals surface area contributed by atoms with Crippen molar-refractivity contribution >= 4 is 39.0 Å². The predicted molar refractivity (Wildman–Crippen MR) is 200 cm³/mol. The maximum Gasteiger partial charge on any atom is 0.286 e. The Balaban J connectivity index is 1.40. The molecule has 3 heterocycles. The van der Waals surface area contributed by atoms with Gasteiger partial charge in [0.2, 0.25) is 0 Å². The fourth-order valence-electron chi connectivity index (χ4n) is 7.54. The average Bonchev–Trinajstić information content (AvgIpc) is 3.14. The van der Waals surface area contributed by atoms with Crippen molar-refractivity contribution in [3.8, 4) is 5.75 Å². The molecule has 4 aliphatic rings. The van der Waals surface area contributed by atoms with Gasteiger partial charge in [-0.05, 0) is 111 Å². The molecule has 2 aromatic rings. The van der Waals surface area contributed by atoms with E-state index in [-0.39, 0.29) is 30.1 Å². The van der Waals surface area contributed by atoms with Crippen molar-refractivity contribution in [2.45, 2.75) is 89.0 Å². The molecule has 3 aliphatic heterocycles. The summed E-state index contributed by atoms with van der Waals surface area (Å²) in [5.74, 6) is -0.411. The van der Waals surface area contributed by atoms with Gasteiger partial charge < -0.3 is 23.8 Å². The van der Waals surface area contributed by atoms with Crippen molar-refractivity contribution in [3.63, 3.8) is 0 Å². The lowest BCUT2D eigenvalue weighted by molar-refractivity contribution is -0.132. The number of methoxy groups -OCH3 is 1. The molecule has 1 saturated heterocycles. The van der Waals surface area contributed by atoms with Crippen LogP contribution in [0.5, 0.6) is 5.75 Å². The third kappa shape index (κ3) is 9.18. The summed E-state index contributed by atoms with van der Waals surface area (Å²) in [6.07, 6.45) is 7.40. The van der Waals surface area contributed by atoms with E-state index in [9.17, 15) is 18.2 Å². The zero-order chi connectivity index (χ0) is 36.8. The average molecular weight is 760 g/mol. The molecule has 1 unspecified atom stereocenters. The van der Waals surface area contributed by atoms with Crippen molar-refractivity contribution in [2.24, 2.45) is 22.1 Å². The Bertz CT molecular complexity index is 1750. The fourth-order valence-corrected chi connectivity index (χ4v) is 9.61. The lowest BCUT2D eigenvalue weighted by Crippen LogP contribution is -2.44. The number of allylic oxidation sites excluding steroid dienone is 1. The summed E-state index contributed by atoms with van der Waals surface area (Å²) in [5.41, 5.74) is 3.32. The number of halogens is 2. The normalized spacial score (nSPS) is 32.1. The highest BCUT2D eigenvalue weighted by atomic mass is 35.5. The van der Waals surface area contributed by atoms with Crippen LogP contribution in [0.25, 0.3) is 0 Å². The number of nitrogens with zero attached hydrogens (tertiary/aromatic N) is 2. The molecule has 0 radical (unpaired) electrons. The molecule has 2 amide bonds. The summed E-state index contributed by atoms with van der Waals surface area (Å²) in [4.78, 5) is 29.6. The first-order chi connectivity index (χ1) is 25.0. The molecule has 2 fully saturated rings. The molecule has 8 atom stereocenters. The van der Waals surface area contributed by atoms with Gasteiger partial charge in [0, 0.05) is 37.4 Å². The van der Waals surface area contributed by atoms with Crippen molar-refractivity contribution in [2.75, 3.05) is 45.0 Å². The van der Waals surface area contributed by atoms with Gasteiger partial charge >= 0.3 is 0 Å². The summed E-state index contributed by atoms with van der Waals surface area (Å²) >= 11 is 6.46. The van der Waals surface area contributed by atoms with Crippen LogP contribution in [0.3, 0.4) is 0 Å². The van der Waals surface area contributed by atoms with Crippen molar-refractivity contribution in [3.05, 3.63) is 70.3 Å². The van der Waals surface area contributed by atoms with E-state index in [4.69, 9.17) is 30.5 Å². The second kappa shape index (κ2) is 17.4. The van der Waals surface area contributed by atoms with Crippen LogP contribution in [-0.4, -0.2) is 79.7 Å². The second-order valence-electron chi connectivity index (χ2n) is 14.5. The molecule has 13 heteroatoms. The van der Waals surface area contributed by atoms with Gasteiger partial charge in [0.25, 0.3) is 11.8 Å². The van der Waals surface area contributed by atoms with Gasteiger partial charge in [0.15, 0.2) is 0 Å². The number of fused-ring (bicyclic) bond motifs is 3. The number of hydrogen-bond donors (Lipinski definition) is 1. The molecule has 1 aliphatic carbocycles. The number of carbonyl (C=O) groups is 2. The number of alkyl halides is 1. The summed E-state index contributed by atoms with van der Waals surface area (Å²) in [5, 5.41) is -0.0292. The van der Waals surface area contributed by atoms with Crippen molar-refractivity contribution in [1.82, 2.24) is 4.72 Å². The molecule has 52 heavy (non-hydrogen) atoms. The number of nitrogens with one attached hydrogen (secondary N) is 1. The second-order valence-corrected chi connectivity index (χ2v) is 17.3. The minimum Gasteiger partial charge on any atom is -0.491 e. The predicted octanol–water partition coefficient (Wildman–Crippen LogP) is 6.87. The smallest absolute Gasteiger partial charge is 0.286 e. The van der Waals surface area contributed by atoms with Crippen LogP contribution in [-0.2, 0) is 41.9 Å². The Labute approximate surface area is 312 Å². The molecule has 284 valence electrons. The van der Waals surface area contributed by atoms with E-state index >= 15 is 0 Å². The van der Waals surface area contributed by atoms with Crippen LogP contribution in [0.2, 0.25) is 5.02 Å². The number of rotatable bonds is 5. The maximum atomic E-state index is 14.7. The highest BCUT2D eigenvalue weighted by molar-refractivity contribution is 7.93. The molecule has 2 aromatic carbocycles. The van der Waals surface area contributed by atoms with E-state index < -0.39 is 45.9 Å². The summed E-state index contributed by atoms with van der Waals surface area (Å²) in [7, 11) is -1.95. The van der Waals surface area contributed by atoms with E-state index in [0.717, 1.165) is 43.4 Å². The Hall–Kier alpha value is -3.03. The van der Waals surface area contributed by atoms with Gasteiger partial charge in [0.1, 0.15) is 28.4 Å². The standard InChI is InChI=1S/C39H51ClFN3O7S/c1-25-7-6-9-35(48-3)32-14-11-30(32)22-44-21-29-10-13-31(40)19-27(29)8-4-5-17-50-37-15-12-28(20-34(37)44)39(46)43-52(47,26(25)2)42-38(45)24-51-36-16-18-49-23-33(36)41/h6,9-10,12-13,15,19-20,25-26,30,32-33,35-36H,4-5,7-8,11,14,16-18,21-24H2,1-3H3,(H,42,43,45,46,47)/b9-6+/t25-,26+,30-,32+,33+,35-,36-,52?/m0/s1. The van der Waals surface area contributed by atoms with Gasteiger partial charge in [-0.1, -0.05) is 36.7 Å². The first-order valence-electron chi connectivity index (χ1n) is 18.5. The van der Waals surface area contributed by atoms with E-state index in [0.29, 0.717) is 55.8 Å². The zero-order valence-corrected chi connectivity index (χ0v) is 31.8. The van der Waals surface area contributed by atoms with Crippen LogP contribution in [0, 0.1) is 17.8 Å². The fraction of sp³-hybridized carbons (Fsp3) is 0.590. The Morgan fingerprint density at radius 3 is 2.73 bits per heavy atom. The van der Waals surface area contributed by atoms with E-state index in [1.165, 1.54) is 5.56 Å². The molecular formula is C39H51ClFN3O7S. The van der Waals surface area contributed by atoms with Gasteiger partial charge in [-0.25, -0.2) is 8.60 Å². The first-order valence-corrected chi connectivity index (χ1v) is 20.4. The van der Waals surface area contributed by atoms with Crippen LogP contribution in [0.15, 0.2) is 52.9 Å². The third-order valence-electron chi connectivity index (χ3n) is 11.1. The van der Waals surface area contributed by atoms with Gasteiger partial charge in [0.05, 0.1) is 36.4 Å². The molecule has 0 aromatic heterocycles. The van der Waals surface area contributed by atoms with Crippen LogP contribution >= 0.6 is 11.6 Å². The Morgan fingerprint density at radius 1 is 1.12 bits per heavy atom. The van der Waals surface area contributed by atoms with E-state index in [1.54, 1.807) is 32.2 Å². The van der Waals surface area contributed by atoms with Gasteiger partial charge in [-0.2, -0.15) is 0 Å². The Morgan fingerprint density at radius 2 is 1.96 bits per heavy atom. The Kier molecular flexibility index (Phi) is 13.0. The highest BCUT2D eigenvalue weighted by Gasteiger charge is 2.38. The lowest BCUT2D eigenvalue weighted by Gasteiger charge is -2.43. The zero-order valence-electron chi connectivity index (χ0n) is 30.3. The molecule has 1 saturated carbocycles. The SMILES string of the molecule is CO[C@H]1/C=C/C[C@H](C)[C@@H](C)S(=O)(NC(=O)CO[C@H]2CCOC[C@H]2F)=NC(=O)c2ccc3c(c2)N(Cc2ccc(Cl)cc2CCCCO3)C[C@@H]2CC[C@H]21. The van der Waals surface area contributed by atoms with E-state index in [2.05, 4.69) is 26.1 Å². The summed E-state index contributed by atoms with van der Waals surface area (Å²) < 4.78 is 59.0. The molecule has 2 bridgehead atoms. The number of carbonyl (C=O) groups excluding carboxylic acids is 2. The minimum atomic E-state index is -3.69. The van der Waals surface area contributed by atoms with Gasteiger partial charge in [-0.3, -0.25) is 14.3 Å². The number of benzene rings is 2. The van der Waals surface area contributed by atoms with Crippen molar-refractivity contribution in [1.29, 1.82) is 0 Å². The summed E-state index contributed by atoms with van der Waals surface area (Å²) in [6, 6.07) is 11.2. The minimum absolute atomic E-state index is 0.107. The largest absolute Gasteiger partial charge is 0.491 e. The first kappa shape index (κ1) is 38.7. The topological polar surface area (TPSA) is 116 Å². The number of hydrogen-bond acceptors (Lipinski definition) is 8. The number of anilines is 1. The number of ether oxygens (including phenoxy) is 4. The third-order valence-corrected chi connectivity index (χ3v) is 13.7. The van der Waals surface area contributed by atoms with E-state index in [1.807, 2.05) is 25.1 Å². The number of aryl methyl sites for hydroxylation is 1. The summed E-state index contributed by atoms with van der Waals surface area (Å²) in [6.45, 7) is 5.12. The monoisotopic (exact) mass is 759 g/mol. The highest BCUT2D eigenvalue weighted by Crippen LogP contribution is 2.42. The quantitative estimate of drug-likeness (QED) is 0.329. The van der Waals surface area contributed by atoms with Crippen molar-refractivity contribution < 1.29 is 37.1 Å². The van der Waals surface area contributed by atoms with Crippen LogP contribution in [0.1, 0.15) is 73.9 Å². The maximum absolute atomic E-state index is 14.7.